The standard InChI is InChI=1S/C29H34O7/c1-17(32)10-19-4-3-5-21(12-19)23-6-7-26(34)29-24(23)14-20(15-28(29)36)13-22(8-9-30)25(16-31)27(35)11-18(2)33/h3-7,12,20,22,25,30-31,34H,8-11,13-16H2,1-2H3. The maximum Gasteiger partial charge on any atom is 0.167 e. The first-order valence-electron chi connectivity index (χ1n) is 12.3. The smallest absolute Gasteiger partial charge is 0.167 e. The number of aromatic hydroxyl groups is 1. The van der Waals surface area contributed by atoms with Crippen LogP contribution in [-0.2, 0) is 27.2 Å². The second-order valence-corrected chi connectivity index (χ2v) is 9.90. The molecule has 3 unspecified atom stereocenters. The second kappa shape index (κ2) is 12.2. The van der Waals surface area contributed by atoms with Gasteiger partial charge in [-0.2, -0.15) is 0 Å². The molecule has 3 atom stereocenters. The molecule has 7 heteroatoms. The van der Waals surface area contributed by atoms with Gasteiger partial charge in [-0.25, -0.2) is 0 Å². The second-order valence-electron chi connectivity index (χ2n) is 9.90. The number of hydrogen-bond donors (Lipinski definition) is 3. The van der Waals surface area contributed by atoms with Crippen LogP contribution in [0.2, 0.25) is 0 Å². The van der Waals surface area contributed by atoms with Crippen molar-refractivity contribution in [1.29, 1.82) is 0 Å². The molecule has 2 aromatic rings. The Kier molecular flexibility index (Phi) is 9.29. The highest BCUT2D eigenvalue weighted by Gasteiger charge is 2.35. The molecular weight excluding hydrogens is 460 g/mol. The molecule has 0 saturated heterocycles. The van der Waals surface area contributed by atoms with Gasteiger partial charge in [-0.15, -0.1) is 0 Å². The van der Waals surface area contributed by atoms with Crippen molar-refractivity contribution in [2.75, 3.05) is 13.2 Å². The Morgan fingerprint density at radius 2 is 1.78 bits per heavy atom. The van der Waals surface area contributed by atoms with Gasteiger partial charge in [0.25, 0.3) is 0 Å². The summed E-state index contributed by atoms with van der Waals surface area (Å²) in [5, 5.41) is 30.0. The molecule has 2 aromatic carbocycles. The Morgan fingerprint density at radius 1 is 1.03 bits per heavy atom. The van der Waals surface area contributed by atoms with Gasteiger partial charge in [0.2, 0.25) is 0 Å². The van der Waals surface area contributed by atoms with Crippen LogP contribution in [0.15, 0.2) is 36.4 Å². The van der Waals surface area contributed by atoms with Gasteiger partial charge < -0.3 is 15.3 Å². The van der Waals surface area contributed by atoms with Gasteiger partial charge in [-0.3, -0.25) is 19.2 Å². The van der Waals surface area contributed by atoms with Crippen LogP contribution in [0.25, 0.3) is 11.1 Å². The third-order valence-electron chi connectivity index (χ3n) is 6.97. The topological polar surface area (TPSA) is 129 Å². The molecule has 0 spiro atoms. The highest BCUT2D eigenvalue weighted by molar-refractivity contribution is 6.03. The van der Waals surface area contributed by atoms with Crippen molar-refractivity contribution in [2.45, 2.75) is 52.4 Å². The molecular formula is C29H34O7. The van der Waals surface area contributed by atoms with Crippen molar-refractivity contribution in [3.8, 4) is 16.9 Å². The van der Waals surface area contributed by atoms with E-state index in [2.05, 4.69) is 0 Å². The summed E-state index contributed by atoms with van der Waals surface area (Å²) in [6, 6.07) is 10.8. The Morgan fingerprint density at radius 3 is 2.42 bits per heavy atom. The number of Topliss-reactive ketones (excluding diaryl/α,β-unsaturated/α-hetero) is 4. The van der Waals surface area contributed by atoms with Crippen LogP contribution in [0.3, 0.4) is 0 Å². The van der Waals surface area contributed by atoms with Crippen molar-refractivity contribution in [2.24, 2.45) is 17.8 Å². The molecule has 0 saturated carbocycles. The molecule has 192 valence electrons. The lowest BCUT2D eigenvalue weighted by molar-refractivity contribution is -0.131. The fraction of sp³-hybridized carbons (Fsp3) is 0.448. The predicted octanol–water partition coefficient (Wildman–Crippen LogP) is 3.48. The fourth-order valence-corrected chi connectivity index (χ4v) is 5.42. The van der Waals surface area contributed by atoms with Crippen LogP contribution in [0, 0.1) is 17.8 Å². The molecule has 1 aliphatic carbocycles. The monoisotopic (exact) mass is 494 g/mol. The van der Waals surface area contributed by atoms with E-state index in [1.807, 2.05) is 24.3 Å². The van der Waals surface area contributed by atoms with Gasteiger partial charge in [0, 0.05) is 25.4 Å². The maximum atomic E-state index is 13.2. The van der Waals surface area contributed by atoms with E-state index in [-0.39, 0.29) is 66.6 Å². The van der Waals surface area contributed by atoms with E-state index in [1.54, 1.807) is 6.07 Å². The molecule has 3 N–H and O–H groups in total. The summed E-state index contributed by atoms with van der Waals surface area (Å²) in [4.78, 5) is 48.9. The highest BCUT2D eigenvalue weighted by Crippen LogP contribution is 2.41. The zero-order valence-electron chi connectivity index (χ0n) is 20.8. The molecule has 3 rings (SSSR count). The highest BCUT2D eigenvalue weighted by atomic mass is 16.3. The maximum absolute atomic E-state index is 13.2. The Hall–Kier alpha value is -3.16. The van der Waals surface area contributed by atoms with Crippen LogP contribution in [0.4, 0.5) is 0 Å². The van der Waals surface area contributed by atoms with E-state index in [1.165, 1.54) is 19.9 Å². The van der Waals surface area contributed by atoms with Crippen molar-refractivity contribution in [3.63, 3.8) is 0 Å². The molecule has 7 nitrogen and oxygen atoms in total. The number of fused-ring (bicyclic) bond motifs is 1. The average molecular weight is 495 g/mol. The van der Waals surface area contributed by atoms with Crippen molar-refractivity contribution >= 4 is 23.1 Å². The van der Waals surface area contributed by atoms with Gasteiger partial charge >= 0.3 is 0 Å². The van der Waals surface area contributed by atoms with Gasteiger partial charge in [0.05, 0.1) is 18.6 Å². The van der Waals surface area contributed by atoms with Crippen molar-refractivity contribution in [3.05, 3.63) is 53.1 Å². The number of benzene rings is 2. The number of aliphatic hydroxyl groups is 2. The lowest BCUT2D eigenvalue weighted by atomic mass is 9.72. The molecule has 0 aromatic heterocycles. The van der Waals surface area contributed by atoms with E-state index in [4.69, 9.17) is 0 Å². The number of carbonyl (C=O) groups excluding carboxylic acids is 4. The number of hydrogen-bond acceptors (Lipinski definition) is 7. The summed E-state index contributed by atoms with van der Waals surface area (Å²) >= 11 is 0. The summed E-state index contributed by atoms with van der Waals surface area (Å²) in [6.45, 7) is 2.25. The normalized spacial score (nSPS) is 16.8. The summed E-state index contributed by atoms with van der Waals surface area (Å²) in [6.07, 6.45) is 1.37. The van der Waals surface area contributed by atoms with E-state index in [0.717, 1.165) is 22.3 Å². The largest absolute Gasteiger partial charge is 0.507 e. The van der Waals surface area contributed by atoms with E-state index >= 15 is 0 Å². The predicted molar refractivity (Wildman–Crippen MR) is 135 cm³/mol. The van der Waals surface area contributed by atoms with Crippen LogP contribution >= 0.6 is 0 Å². The first-order chi connectivity index (χ1) is 17.1. The first kappa shape index (κ1) is 27.4. The molecule has 0 radical (unpaired) electrons. The summed E-state index contributed by atoms with van der Waals surface area (Å²) < 4.78 is 0. The lowest BCUT2D eigenvalue weighted by Gasteiger charge is -2.31. The number of aliphatic hydroxyl groups excluding tert-OH is 2. The molecule has 0 bridgehead atoms. The number of carbonyl (C=O) groups is 4. The minimum atomic E-state index is -0.788. The van der Waals surface area contributed by atoms with Crippen LogP contribution in [0.1, 0.15) is 61.0 Å². The van der Waals surface area contributed by atoms with E-state index < -0.39 is 12.5 Å². The van der Waals surface area contributed by atoms with Crippen molar-refractivity contribution < 1.29 is 34.5 Å². The Balaban J connectivity index is 1.94. The SMILES string of the molecule is CC(=O)CC(=O)C(CO)C(CCO)CC1CC(=O)c2c(O)ccc(-c3cccc(CC(C)=O)c3)c2C1. The molecule has 0 fully saturated rings. The summed E-state index contributed by atoms with van der Waals surface area (Å²) in [5.74, 6) is -2.20. The quantitative estimate of drug-likeness (QED) is 0.385. The van der Waals surface area contributed by atoms with Crippen LogP contribution in [-0.4, -0.2) is 51.7 Å². The van der Waals surface area contributed by atoms with Crippen molar-refractivity contribution in [1.82, 2.24) is 0 Å². The van der Waals surface area contributed by atoms with Gasteiger partial charge in [-0.05, 0) is 73.3 Å². The molecule has 0 amide bonds. The van der Waals surface area contributed by atoms with Gasteiger partial charge in [0.15, 0.2) is 5.78 Å². The van der Waals surface area contributed by atoms with Gasteiger partial charge in [0.1, 0.15) is 23.1 Å². The number of ketones is 4. The number of phenolic OH excluding ortho intramolecular Hbond substituents is 1. The lowest BCUT2D eigenvalue weighted by Crippen LogP contribution is -2.32. The zero-order valence-corrected chi connectivity index (χ0v) is 20.8. The molecule has 1 aliphatic rings. The van der Waals surface area contributed by atoms with Gasteiger partial charge in [-0.1, -0.05) is 30.3 Å². The Labute approximate surface area is 211 Å². The summed E-state index contributed by atoms with van der Waals surface area (Å²) in [5.41, 5.74) is 3.52. The Bertz CT molecular complexity index is 1150. The van der Waals surface area contributed by atoms with E-state index in [9.17, 15) is 34.5 Å². The molecule has 36 heavy (non-hydrogen) atoms. The fourth-order valence-electron chi connectivity index (χ4n) is 5.42. The first-order valence-corrected chi connectivity index (χ1v) is 12.3. The third-order valence-corrected chi connectivity index (χ3v) is 6.97. The molecule has 0 aliphatic heterocycles. The van der Waals surface area contributed by atoms with E-state index in [0.29, 0.717) is 24.8 Å². The van der Waals surface area contributed by atoms with Crippen LogP contribution < -0.4 is 0 Å². The minimum Gasteiger partial charge on any atom is -0.507 e. The minimum absolute atomic E-state index is 0.0443. The third kappa shape index (κ3) is 6.53. The van der Waals surface area contributed by atoms with Crippen LogP contribution in [0.5, 0.6) is 5.75 Å². The molecule has 0 heterocycles. The zero-order chi connectivity index (χ0) is 26.4. The number of phenols is 1. The average Bonchev–Trinajstić information content (AvgIpc) is 2.79. The number of rotatable bonds is 12. The summed E-state index contributed by atoms with van der Waals surface area (Å²) in [7, 11) is 0.